The fourth-order valence-corrected chi connectivity index (χ4v) is 3.14. The lowest BCUT2D eigenvalue weighted by molar-refractivity contribution is -0.151. The highest BCUT2D eigenvalue weighted by atomic mass is 79.9. The number of hydrogen-bond donors (Lipinski definition) is 2. The number of esters is 1. The molecule has 0 saturated carbocycles. The molecule has 0 radical (unpaired) electrons. The van der Waals surface area contributed by atoms with Crippen LogP contribution in [0.25, 0.3) is 6.08 Å². The Labute approximate surface area is 176 Å². The molecule has 2 N–H and O–H groups in total. The summed E-state index contributed by atoms with van der Waals surface area (Å²) in [5.41, 5.74) is 0.596. The number of benzene rings is 2. The summed E-state index contributed by atoms with van der Waals surface area (Å²) in [7, 11) is -3.88. The van der Waals surface area contributed by atoms with Crippen LogP contribution in [0.5, 0.6) is 0 Å². The van der Waals surface area contributed by atoms with Gasteiger partial charge in [-0.25, -0.2) is 17.5 Å². The maximum atomic E-state index is 13.7. The van der Waals surface area contributed by atoms with Gasteiger partial charge in [-0.05, 0) is 36.8 Å². The molecule has 0 aliphatic heterocycles. The van der Waals surface area contributed by atoms with E-state index in [0.717, 1.165) is 5.41 Å². The van der Waals surface area contributed by atoms with Crippen molar-refractivity contribution < 1.29 is 27.1 Å². The Morgan fingerprint density at radius 2 is 1.90 bits per heavy atom. The molecule has 154 valence electrons. The molecular weight excluding hydrogens is 467 g/mol. The zero-order valence-corrected chi connectivity index (χ0v) is 17.7. The van der Waals surface area contributed by atoms with Crippen molar-refractivity contribution in [2.24, 2.45) is 0 Å². The summed E-state index contributed by atoms with van der Waals surface area (Å²) in [6.45, 7) is 0.625. The lowest BCUT2D eigenvalue weighted by Crippen LogP contribution is -2.35. The van der Waals surface area contributed by atoms with Gasteiger partial charge in [-0.3, -0.25) is 9.59 Å². The molecule has 0 aliphatic rings. The predicted molar refractivity (Wildman–Crippen MR) is 111 cm³/mol. The summed E-state index contributed by atoms with van der Waals surface area (Å²) < 4.78 is 45.0. The molecule has 7 nitrogen and oxygen atoms in total. The highest BCUT2D eigenvalue weighted by Gasteiger charge is 2.20. The number of anilines is 1. The van der Waals surface area contributed by atoms with Gasteiger partial charge in [0.05, 0.1) is 5.69 Å². The van der Waals surface area contributed by atoms with Gasteiger partial charge < -0.3 is 10.1 Å². The van der Waals surface area contributed by atoms with Gasteiger partial charge >= 0.3 is 5.97 Å². The Bertz CT molecular complexity index is 1010. The predicted octanol–water partition coefficient (Wildman–Crippen LogP) is 3.05. The highest BCUT2D eigenvalue weighted by molar-refractivity contribution is 9.10. The number of hydrogen-bond acceptors (Lipinski definition) is 5. The van der Waals surface area contributed by atoms with E-state index in [1.165, 1.54) is 31.2 Å². The summed E-state index contributed by atoms with van der Waals surface area (Å²) >= 11 is 3.10. The molecule has 2 rings (SSSR count). The van der Waals surface area contributed by atoms with Gasteiger partial charge in [0.15, 0.2) is 6.10 Å². The minimum atomic E-state index is -3.88. The van der Waals surface area contributed by atoms with Gasteiger partial charge in [0.1, 0.15) is 12.4 Å². The Morgan fingerprint density at radius 1 is 1.21 bits per heavy atom. The molecule has 2 aromatic rings. The van der Waals surface area contributed by atoms with Crippen LogP contribution >= 0.6 is 15.9 Å². The molecule has 1 amide bonds. The van der Waals surface area contributed by atoms with E-state index in [-0.39, 0.29) is 5.69 Å². The third kappa shape index (κ3) is 7.76. The summed E-state index contributed by atoms with van der Waals surface area (Å²) in [6.07, 6.45) is 0.117. The van der Waals surface area contributed by atoms with Crippen LogP contribution in [-0.4, -0.2) is 32.9 Å². The van der Waals surface area contributed by atoms with Gasteiger partial charge in [0.2, 0.25) is 10.0 Å². The minimum Gasteiger partial charge on any atom is -0.452 e. The summed E-state index contributed by atoms with van der Waals surface area (Å²) in [4.78, 5) is 23.8. The van der Waals surface area contributed by atoms with Crippen molar-refractivity contribution in [3.05, 3.63) is 69.8 Å². The van der Waals surface area contributed by atoms with Crippen LogP contribution in [0.2, 0.25) is 0 Å². The monoisotopic (exact) mass is 484 g/mol. The van der Waals surface area contributed by atoms with E-state index >= 15 is 0 Å². The molecule has 0 heterocycles. The normalized spacial score (nSPS) is 12.5. The van der Waals surface area contributed by atoms with E-state index < -0.39 is 40.4 Å². The first kappa shape index (κ1) is 22.7. The molecule has 29 heavy (non-hydrogen) atoms. The van der Waals surface area contributed by atoms with Gasteiger partial charge in [0.25, 0.3) is 5.91 Å². The minimum absolute atomic E-state index is 0.0761. The number of nitrogens with one attached hydrogen (secondary N) is 2. The van der Waals surface area contributed by atoms with E-state index in [1.54, 1.807) is 30.3 Å². The fourth-order valence-electron chi connectivity index (χ4n) is 2.06. The molecular formula is C19H18BrFN2O5S. The van der Waals surface area contributed by atoms with E-state index in [2.05, 4.69) is 26.0 Å². The van der Waals surface area contributed by atoms with Crippen LogP contribution in [-0.2, 0) is 24.3 Å². The summed E-state index contributed by atoms with van der Waals surface area (Å²) in [5.74, 6) is -2.38. The number of ether oxygens (including phenoxy) is 1. The average molecular weight is 485 g/mol. The quantitative estimate of drug-likeness (QED) is 0.560. The maximum Gasteiger partial charge on any atom is 0.321 e. The summed E-state index contributed by atoms with van der Waals surface area (Å²) in [6, 6.07) is 12.8. The first-order valence-corrected chi connectivity index (χ1v) is 10.7. The Balaban J connectivity index is 1.84. The van der Waals surface area contributed by atoms with Crippen molar-refractivity contribution in [2.75, 3.05) is 11.9 Å². The highest BCUT2D eigenvalue weighted by Crippen LogP contribution is 2.19. The molecule has 1 unspecified atom stereocenters. The molecule has 0 bridgehead atoms. The Kier molecular flexibility index (Phi) is 8.06. The molecule has 1 atom stereocenters. The molecule has 0 aromatic heterocycles. The van der Waals surface area contributed by atoms with Crippen LogP contribution < -0.4 is 10.0 Å². The van der Waals surface area contributed by atoms with E-state index in [9.17, 15) is 22.4 Å². The number of amides is 1. The molecule has 0 spiro atoms. The lowest BCUT2D eigenvalue weighted by atomic mass is 10.2. The van der Waals surface area contributed by atoms with Crippen molar-refractivity contribution in [1.82, 2.24) is 4.72 Å². The third-order valence-corrected chi connectivity index (χ3v) is 5.06. The molecule has 2 aromatic carbocycles. The van der Waals surface area contributed by atoms with Gasteiger partial charge in [0, 0.05) is 9.88 Å². The van der Waals surface area contributed by atoms with Gasteiger partial charge in [-0.15, -0.1) is 0 Å². The first-order chi connectivity index (χ1) is 13.7. The Hall–Kier alpha value is -2.56. The third-order valence-electron chi connectivity index (χ3n) is 3.52. The average Bonchev–Trinajstić information content (AvgIpc) is 2.68. The molecule has 0 aliphatic carbocycles. The zero-order chi connectivity index (χ0) is 21.4. The van der Waals surface area contributed by atoms with Crippen molar-refractivity contribution in [2.45, 2.75) is 13.0 Å². The largest absolute Gasteiger partial charge is 0.452 e. The van der Waals surface area contributed by atoms with Crippen molar-refractivity contribution in [3.8, 4) is 0 Å². The number of carbonyl (C=O) groups is 2. The topological polar surface area (TPSA) is 102 Å². The number of rotatable bonds is 8. The number of carbonyl (C=O) groups excluding carboxylic acids is 2. The van der Waals surface area contributed by atoms with Crippen LogP contribution in [0, 0.1) is 5.82 Å². The standard InChI is InChI=1S/C19H18BrFN2O5S/c1-13(19(25)23-17-8-7-15(20)11-16(17)21)28-18(24)12-22-29(26,27)10-9-14-5-3-2-4-6-14/h2-11,13,22H,12H2,1H3,(H,23,25)/b10-9+. The van der Waals surface area contributed by atoms with Crippen LogP contribution in [0.3, 0.4) is 0 Å². The second-order valence-corrected chi connectivity index (χ2v) is 8.39. The first-order valence-electron chi connectivity index (χ1n) is 8.34. The molecule has 10 heteroatoms. The SMILES string of the molecule is CC(OC(=O)CNS(=O)(=O)/C=C/c1ccccc1)C(=O)Nc1ccc(Br)cc1F. The second kappa shape index (κ2) is 10.3. The van der Waals surface area contributed by atoms with Crippen molar-refractivity contribution >= 4 is 49.6 Å². The van der Waals surface area contributed by atoms with Crippen molar-refractivity contribution in [1.29, 1.82) is 0 Å². The number of halogens is 2. The molecule has 0 saturated heterocycles. The summed E-state index contributed by atoms with van der Waals surface area (Å²) in [5, 5.41) is 3.21. The maximum absolute atomic E-state index is 13.7. The van der Waals surface area contributed by atoms with Gasteiger partial charge in [-0.2, -0.15) is 0 Å². The van der Waals surface area contributed by atoms with E-state index in [4.69, 9.17) is 4.74 Å². The number of sulfonamides is 1. The smallest absolute Gasteiger partial charge is 0.321 e. The second-order valence-electron chi connectivity index (χ2n) is 5.83. The zero-order valence-electron chi connectivity index (χ0n) is 15.3. The van der Waals surface area contributed by atoms with Gasteiger partial charge in [-0.1, -0.05) is 46.3 Å². The van der Waals surface area contributed by atoms with Crippen LogP contribution in [0.15, 0.2) is 58.4 Å². The molecule has 0 fully saturated rings. The Morgan fingerprint density at radius 3 is 2.55 bits per heavy atom. The lowest BCUT2D eigenvalue weighted by Gasteiger charge is -2.14. The van der Waals surface area contributed by atoms with Crippen LogP contribution in [0.4, 0.5) is 10.1 Å². The van der Waals surface area contributed by atoms with Crippen molar-refractivity contribution in [3.63, 3.8) is 0 Å². The van der Waals surface area contributed by atoms with Crippen LogP contribution in [0.1, 0.15) is 12.5 Å². The van der Waals surface area contributed by atoms with E-state index in [0.29, 0.717) is 10.0 Å². The van der Waals surface area contributed by atoms with E-state index in [1.807, 2.05) is 0 Å². The fraction of sp³-hybridized carbons (Fsp3) is 0.158.